The fourth-order valence-corrected chi connectivity index (χ4v) is 3.05. The summed E-state index contributed by atoms with van der Waals surface area (Å²) < 4.78 is 13.1. The van der Waals surface area contributed by atoms with Gasteiger partial charge >= 0.3 is 0 Å². The minimum absolute atomic E-state index is 0.322. The summed E-state index contributed by atoms with van der Waals surface area (Å²) in [6.07, 6.45) is 2.47. The first-order valence-corrected chi connectivity index (χ1v) is 7.32. The minimum Gasteiger partial charge on any atom is -0.338 e. The second kappa shape index (κ2) is 5.34. The van der Waals surface area contributed by atoms with Crippen molar-refractivity contribution in [2.24, 2.45) is 0 Å². The van der Waals surface area contributed by atoms with E-state index in [9.17, 15) is 4.39 Å². The van der Waals surface area contributed by atoms with E-state index in [-0.39, 0.29) is 5.82 Å². The summed E-state index contributed by atoms with van der Waals surface area (Å²) in [5.74, 6) is 0.316. The maximum absolute atomic E-state index is 13.1. The molecule has 0 bridgehead atoms. The fraction of sp³-hybridized carbons (Fsp3) is 0.143. The highest BCUT2D eigenvalue weighted by Gasteiger charge is 2.10. The number of benzene rings is 1. The molecule has 0 fully saturated rings. The molecular weight excluding hydrogens is 297 g/mol. The number of anilines is 2. The number of aryl methyl sites for hydroxylation is 1. The van der Waals surface area contributed by atoms with Crippen molar-refractivity contribution in [3.8, 4) is 0 Å². The molecule has 0 saturated heterocycles. The van der Waals surface area contributed by atoms with Gasteiger partial charge in [0.15, 0.2) is 0 Å². The van der Waals surface area contributed by atoms with Crippen molar-refractivity contribution in [1.82, 2.24) is 9.97 Å². The average Bonchev–Trinajstić information content (AvgIpc) is 2.86. The number of nitrogens with one attached hydrogen (secondary N) is 1. The molecule has 0 atom stereocenters. The molecule has 0 saturated carbocycles. The molecule has 0 radical (unpaired) electrons. The normalized spacial score (nSPS) is 10.9. The number of rotatable bonds is 3. The molecule has 3 nitrogen and oxygen atoms in total. The molecule has 0 amide bonds. The number of halogens is 2. The van der Waals surface area contributed by atoms with E-state index < -0.39 is 0 Å². The summed E-state index contributed by atoms with van der Waals surface area (Å²) in [7, 11) is 0. The Labute approximate surface area is 124 Å². The largest absolute Gasteiger partial charge is 0.338 e. The van der Waals surface area contributed by atoms with Crippen molar-refractivity contribution in [3.63, 3.8) is 0 Å². The van der Waals surface area contributed by atoms with Gasteiger partial charge in [-0.25, -0.2) is 14.4 Å². The van der Waals surface area contributed by atoms with E-state index in [4.69, 9.17) is 11.6 Å². The van der Waals surface area contributed by atoms with Crippen LogP contribution in [0.2, 0.25) is 5.02 Å². The Hall–Kier alpha value is -1.72. The van der Waals surface area contributed by atoms with Crippen molar-refractivity contribution in [1.29, 1.82) is 0 Å². The molecule has 2 aromatic heterocycles. The zero-order valence-electron chi connectivity index (χ0n) is 10.7. The van der Waals surface area contributed by atoms with E-state index in [0.29, 0.717) is 16.5 Å². The summed E-state index contributed by atoms with van der Waals surface area (Å²) in [5, 5.41) is 4.41. The van der Waals surface area contributed by atoms with Gasteiger partial charge < -0.3 is 5.32 Å². The van der Waals surface area contributed by atoms with E-state index in [0.717, 1.165) is 16.6 Å². The van der Waals surface area contributed by atoms with Gasteiger partial charge in [-0.05, 0) is 30.7 Å². The molecule has 6 heteroatoms. The molecule has 2 heterocycles. The van der Waals surface area contributed by atoms with Crippen LogP contribution < -0.4 is 5.32 Å². The molecule has 0 aliphatic carbocycles. The molecular formula is C14H11ClFN3S. The first kappa shape index (κ1) is 13.3. The zero-order chi connectivity index (χ0) is 14.1. The number of hydrogen-bond acceptors (Lipinski definition) is 4. The summed E-state index contributed by atoms with van der Waals surface area (Å²) in [4.78, 5) is 10.7. The molecule has 3 rings (SSSR count). The lowest BCUT2D eigenvalue weighted by atomic mass is 10.2. The Kier molecular flexibility index (Phi) is 3.54. The Balaban J connectivity index is 2.03. The summed E-state index contributed by atoms with van der Waals surface area (Å²) >= 11 is 7.66. The standard InChI is InChI=1S/C14H11ClFN3S/c1-2-9-6-10-13(17-7-18-14(10)20-9)19-12-4-3-8(16)5-11(12)15/h3-7H,2H2,1H3,(H,17,18,19). The van der Waals surface area contributed by atoms with Gasteiger partial charge in [0.05, 0.1) is 16.1 Å². The van der Waals surface area contributed by atoms with Crippen LogP contribution >= 0.6 is 22.9 Å². The van der Waals surface area contributed by atoms with Crippen LogP contribution in [0.25, 0.3) is 10.2 Å². The van der Waals surface area contributed by atoms with Gasteiger partial charge in [-0.15, -0.1) is 11.3 Å². The van der Waals surface area contributed by atoms with Crippen LogP contribution in [0.15, 0.2) is 30.6 Å². The van der Waals surface area contributed by atoms with Crippen LogP contribution in [0.5, 0.6) is 0 Å². The van der Waals surface area contributed by atoms with Crippen molar-refractivity contribution < 1.29 is 4.39 Å². The van der Waals surface area contributed by atoms with Crippen LogP contribution in [0.4, 0.5) is 15.9 Å². The summed E-state index contributed by atoms with van der Waals surface area (Å²) in [6.45, 7) is 2.10. The molecule has 0 aliphatic rings. The van der Waals surface area contributed by atoms with Crippen molar-refractivity contribution in [2.75, 3.05) is 5.32 Å². The van der Waals surface area contributed by atoms with Gasteiger partial charge in [0.25, 0.3) is 0 Å². The number of thiophene rings is 1. The Bertz CT molecular complexity index is 772. The number of fused-ring (bicyclic) bond motifs is 1. The Morgan fingerprint density at radius 2 is 2.15 bits per heavy atom. The maximum Gasteiger partial charge on any atom is 0.142 e. The second-order valence-corrected chi connectivity index (χ2v) is 5.78. The molecule has 20 heavy (non-hydrogen) atoms. The quantitative estimate of drug-likeness (QED) is 0.756. The molecule has 0 unspecified atom stereocenters. The highest BCUT2D eigenvalue weighted by atomic mass is 35.5. The van der Waals surface area contributed by atoms with Crippen LogP contribution in [-0.4, -0.2) is 9.97 Å². The lowest BCUT2D eigenvalue weighted by Crippen LogP contribution is -1.95. The number of hydrogen-bond donors (Lipinski definition) is 1. The van der Waals surface area contributed by atoms with Crippen LogP contribution in [0, 0.1) is 5.82 Å². The second-order valence-electron chi connectivity index (χ2n) is 4.26. The molecule has 1 aromatic carbocycles. The van der Waals surface area contributed by atoms with E-state index >= 15 is 0 Å². The van der Waals surface area contributed by atoms with E-state index in [2.05, 4.69) is 28.3 Å². The third-order valence-corrected chi connectivity index (χ3v) is 4.41. The van der Waals surface area contributed by atoms with E-state index in [1.54, 1.807) is 17.4 Å². The monoisotopic (exact) mass is 307 g/mol. The van der Waals surface area contributed by atoms with E-state index in [1.807, 2.05) is 0 Å². The molecule has 3 aromatic rings. The summed E-state index contributed by atoms with van der Waals surface area (Å²) in [6, 6.07) is 6.30. The third-order valence-electron chi connectivity index (χ3n) is 2.91. The number of nitrogens with zero attached hydrogens (tertiary/aromatic N) is 2. The first-order valence-electron chi connectivity index (χ1n) is 6.13. The molecule has 0 aliphatic heterocycles. The van der Waals surface area contributed by atoms with Crippen molar-refractivity contribution in [3.05, 3.63) is 46.3 Å². The number of aromatic nitrogens is 2. The highest BCUT2D eigenvalue weighted by molar-refractivity contribution is 7.18. The Morgan fingerprint density at radius 3 is 2.90 bits per heavy atom. The topological polar surface area (TPSA) is 37.8 Å². The van der Waals surface area contributed by atoms with Gasteiger partial charge in [-0.1, -0.05) is 18.5 Å². The predicted molar refractivity (Wildman–Crippen MR) is 81.5 cm³/mol. The maximum atomic E-state index is 13.1. The highest BCUT2D eigenvalue weighted by Crippen LogP contribution is 2.32. The third kappa shape index (κ3) is 2.46. The van der Waals surface area contributed by atoms with Crippen molar-refractivity contribution in [2.45, 2.75) is 13.3 Å². The van der Waals surface area contributed by atoms with E-state index in [1.165, 1.54) is 23.3 Å². The fourth-order valence-electron chi connectivity index (χ4n) is 1.90. The smallest absolute Gasteiger partial charge is 0.142 e. The van der Waals surface area contributed by atoms with Crippen LogP contribution in [0.3, 0.4) is 0 Å². The van der Waals surface area contributed by atoms with Gasteiger partial charge in [-0.2, -0.15) is 0 Å². The van der Waals surface area contributed by atoms with Crippen LogP contribution in [0.1, 0.15) is 11.8 Å². The van der Waals surface area contributed by atoms with Gasteiger partial charge in [0.2, 0.25) is 0 Å². The summed E-state index contributed by atoms with van der Waals surface area (Å²) in [5.41, 5.74) is 0.623. The average molecular weight is 308 g/mol. The van der Waals surface area contributed by atoms with Gasteiger partial charge in [0, 0.05) is 4.88 Å². The van der Waals surface area contributed by atoms with Crippen LogP contribution in [-0.2, 0) is 6.42 Å². The molecule has 102 valence electrons. The molecule has 0 spiro atoms. The lowest BCUT2D eigenvalue weighted by molar-refractivity contribution is 0.628. The lowest BCUT2D eigenvalue weighted by Gasteiger charge is -2.08. The van der Waals surface area contributed by atoms with Gasteiger partial charge in [-0.3, -0.25) is 0 Å². The van der Waals surface area contributed by atoms with Gasteiger partial charge in [0.1, 0.15) is 22.8 Å². The Morgan fingerprint density at radius 1 is 1.30 bits per heavy atom. The SMILES string of the molecule is CCc1cc2c(Nc3ccc(F)cc3Cl)ncnc2s1. The predicted octanol–water partition coefficient (Wildman–Crippen LogP) is 4.79. The minimum atomic E-state index is -0.364. The zero-order valence-corrected chi connectivity index (χ0v) is 12.2. The first-order chi connectivity index (χ1) is 9.67. The molecule has 1 N–H and O–H groups in total. The van der Waals surface area contributed by atoms with Crippen molar-refractivity contribution >= 4 is 44.7 Å².